The third kappa shape index (κ3) is 43.5. The minimum Gasteiger partial charge on any atom is -0.462 e. The summed E-state index contributed by atoms with van der Waals surface area (Å²) in [6.45, 7) is 9.01. The normalized spacial score (nSPS) is 11.9. The van der Waals surface area contributed by atoms with Crippen molar-refractivity contribution in [1.29, 1.82) is 0 Å². The number of carbonyl (C=O) groups excluding carboxylic acids is 3. The molecule has 1 atom stereocenters. The van der Waals surface area contributed by atoms with Gasteiger partial charge in [-0.15, -0.1) is 0 Å². The molecule has 6 heteroatoms. The molecule has 0 N–H and O–H groups in total. The third-order valence-electron chi connectivity index (χ3n) is 11.3. The quantitative estimate of drug-likeness (QED) is 0.0347. The van der Waals surface area contributed by atoms with Crippen LogP contribution < -0.4 is 0 Å². The van der Waals surface area contributed by atoms with Gasteiger partial charge < -0.3 is 14.2 Å². The molecule has 0 aromatic heterocycles. The second kappa shape index (κ2) is 44.5. The van der Waals surface area contributed by atoms with Gasteiger partial charge in [0.1, 0.15) is 13.2 Å². The van der Waals surface area contributed by atoms with Gasteiger partial charge in [-0.1, -0.05) is 240 Å². The number of esters is 3. The van der Waals surface area contributed by atoms with Gasteiger partial charge in [-0.05, 0) is 25.2 Å². The summed E-state index contributed by atoms with van der Waals surface area (Å²) in [5.74, 6) is -0.0207. The first-order chi connectivity index (χ1) is 27.4. The van der Waals surface area contributed by atoms with Crippen LogP contribution in [0.4, 0.5) is 0 Å². The van der Waals surface area contributed by atoms with E-state index in [9.17, 15) is 14.4 Å². The van der Waals surface area contributed by atoms with Crippen molar-refractivity contribution in [2.75, 3.05) is 13.2 Å². The Balaban J connectivity index is 4.31. The van der Waals surface area contributed by atoms with Gasteiger partial charge in [0.15, 0.2) is 6.10 Å². The highest BCUT2D eigenvalue weighted by atomic mass is 16.6. The summed E-state index contributed by atoms with van der Waals surface area (Å²) in [7, 11) is 0. The van der Waals surface area contributed by atoms with E-state index in [1.54, 1.807) is 0 Å². The molecule has 0 aromatic rings. The summed E-state index contributed by atoms with van der Waals surface area (Å²) in [4.78, 5) is 37.8. The molecule has 0 saturated carbocycles. The Morgan fingerprint density at radius 1 is 0.339 bits per heavy atom. The molecule has 0 bridgehead atoms. The zero-order valence-corrected chi connectivity index (χ0v) is 38.1. The Hall–Kier alpha value is -1.59. The Morgan fingerprint density at radius 3 is 0.875 bits per heavy atom. The Kier molecular flexibility index (Phi) is 43.2. The van der Waals surface area contributed by atoms with E-state index in [0.29, 0.717) is 19.3 Å². The minimum absolute atomic E-state index is 0.0631. The molecule has 0 aliphatic carbocycles. The minimum atomic E-state index is -0.759. The van der Waals surface area contributed by atoms with Crippen LogP contribution >= 0.6 is 0 Å². The summed E-state index contributed by atoms with van der Waals surface area (Å²) in [5.41, 5.74) is 0. The number of unbranched alkanes of at least 4 members (excludes halogenated alkanes) is 32. The van der Waals surface area contributed by atoms with Crippen LogP contribution in [-0.2, 0) is 28.6 Å². The molecular formula is C50H96O6. The van der Waals surface area contributed by atoms with Crippen molar-refractivity contribution < 1.29 is 28.6 Å². The fourth-order valence-electron chi connectivity index (χ4n) is 7.51. The van der Waals surface area contributed by atoms with Crippen molar-refractivity contribution in [2.45, 2.75) is 284 Å². The highest BCUT2D eigenvalue weighted by molar-refractivity contribution is 5.71. The van der Waals surface area contributed by atoms with E-state index >= 15 is 0 Å². The molecule has 0 saturated heterocycles. The molecule has 0 spiro atoms. The average molecular weight is 793 g/mol. The lowest BCUT2D eigenvalue weighted by Crippen LogP contribution is -2.30. The zero-order valence-electron chi connectivity index (χ0n) is 38.1. The van der Waals surface area contributed by atoms with Crippen LogP contribution in [-0.4, -0.2) is 37.2 Å². The largest absolute Gasteiger partial charge is 0.462 e. The molecule has 0 aromatic carbocycles. The molecule has 6 nitrogen and oxygen atoms in total. The van der Waals surface area contributed by atoms with Crippen molar-refractivity contribution in [2.24, 2.45) is 5.92 Å². The molecule has 0 heterocycles. The lowest BCUT2D eigenvalue weighted by Gasteiger charge is -2.18. The van der Waals surface area contributed by atoms with Crippen LogP contribution in [0.25, 0.3) is 0 Å². The van der Waals surface area contributed by atoms with Gasteiger partial charge in [0.2, 0.25) is 0 Å². The maximum absolute atomic E-state index is 12.7. The number of ether oxygens (including phenoxy) is 3. The topological polar surface area (TPSA) is 78.9 Å². The highest BCUT2D eigenvalue weighted by Crippen LogP contribution is 2.17. The number of rotatable bonds is 45. The molecular weight excluding hydrogens is 697 g/mol. The molecule has 0 rings (SSSR count). The number of hydrogen-bond acceptors (Lipinski definition) is 6. The SMILES string of the molecule is CCCCCCCCCCCCCCCC(=O)O[C@@H](COC(=O)CCCCCCCCCCCCC)COC(=O)CCCCCCCCCCCCCC(C)C. The molecule has 0 radical (unpaired) electrons. The van der Waals surface area contributed by atoms with E-state index in [4.69, 9.17) is 14.2 Å². The first-order valence-corrected chi connectivity index (χ1v) is 24.9. The van der Waals surface area contributed by atoms with Crippen LogP contribution in [0.5, 0.6) is 0 Å². The van der Waals surface area contributed by atoms with Crippen molar-refractivity contribution in [1.82, 2.24) is 0 Å². The summed E-state index contributed by atoms with van der Waals surface area (Å²) in [5, 5.41) is 0. The van der Waals surface area contributed by atoms with Gasteiger partial charge in [-0.3, -0.25) is 14.4 Å². The summed E-state index contributed by atoms with van der Waals surface area (Å²) < 4.78 is 16.8. The van der Waals surface area contributed by atoms with E-state index in [1.165, 1.54) is 173 Å². The monoisotopic (exact) mass is 793 g/mol. The van der Waals surface area contributed by atoms with Gasteiger partial charge >= 0.3 is 17.9 Å². The standard InChI is InChI=1S/C50H96O6/c1-5-7-9-11-13-15-17-18-22-27-31-35-39-43-50(53)56-47(44-54-48(51)41-37-33-29-25-20-16-14-12-10-8-6-2)45-55-49(52)42-38-34-30-26-23-19-21-24-28-32-36-40-46(3)4/h46-47H,5-45H2,1-4H3/t47-/m0/s1. The zero-order chi connectivity index (χ0) is 41.0. The van der Waals surface area contributed by atoms with Crippen molar-refractivity contribution in [3.8, 4) is 0 Å². The highest BCUT2D eigenvalue weighted by Gasteiger charge is 2.19. The van der Waals surface area contributed by atoms with E-state index < -0.39 is 6.10 Å². The summed E-state index contributed by atoms with van der Waals surface area (Å²) in [6.07, 6.45) is 45.1. The number of carbonyl (C=O) groups is 3. The van der Waals surface area contributed by atoms with Crippen LogP contribution in [0, 0.1) is 5.92 Å². The maximum Gasteiger partial charge on any atom is 0.306 e. The average Bonchev–Trinajstić information content (AvgIpc) is 3.18. The van der Waals surface area contributed by atoms with Gasteiger partial charge in [0, 0.05) is 19.3 Å². The van der Waals surface area contributed by atoms with Crippen LogP contribution in [0.2, 0.25) is 0 Å². The van der Waals surface area contributed by atoms with Gasteiger partial charge in [-0.25, -0.2) is 0 Å². The van der Waals surface area contributed by atoms with Crippen LogP contribution in [0.15, 0.2) is 0 Å². The lowest BCUT2D eigenvalue weighted by atomic mass is 10.0. The number of hydrogen-bond donors (Lipinski definition) is 0. The molecule has 0 amide bonds. The lowest BCUT2D eigenvalue weighted by molar-refractivity contribution is -0.167. The molecule has 56 heavy (non-hydrogen) atoms. The first-order valence-electron chi connectivity index (χ1n) is 24.9. The van der Waals surface area contributed by atoms with Gasteiger partial charge in [-0.2, -0.15) is 0 Å². The fourth-order valence-corrected chi connectivity index (χ4v) is 7.51. The summed E-state index contributed by atoms with van der Waals surface area (Å²) in [6, 6.07) is 0. The van der Waals surface area contributed by atoms with E-state index in [-0.39, 0.29) is 31.1 Å². The Morgan fingerprint density at radius 2 is 0.589 bits per heavy atom. The van der Waals surface area contributed by atoms with Crippen LogP contribution in [0.1, 0.15) is 278 Å². The van der Waals surface area contributed by atoms with Gasteiger partial charge in [0.25, 0.3) is 0 Å². The van der Waals surface area contributed by atoms with Crippen molar-refractivity contribution >= 4 is 17.9 Å². The third-order valence-corrected chi connectivity index (χ3v) is 11.3. The molecule has 0 aliphatic rings. The predicted molar refractivity (Wildman–Crippen MR) is 238 cm³/mol. The van der Waals surface area contributed by atoms with E-state index in [1.807, 2.05) is 0 Å². The Bertz CT molecular complexity index is 841. The van der Waals surface area contributed by atoms with E-state index in [2.05, 4.69) is 27.7 Å². The Labute approximate surface area is 348 Å². The maximum atomic E-state index is 12.7. The molecule has 0 fully saturated rings. The summed E-state index contributed by atoms with van der Waals surface area (Å²) >= 11 is 0. The molecule has 332 valence electrons. The van der Waals surface area contributed by atoms with Crippen molar-refractivity contribution in [3.05, 3.63) is 0 Å². The van der Waals surface area contributed by atoms with Crippen molar-refractivity contribution in [3.63, 3.8) is 0 Å². The van der Waals surface area contributed by atoms with E-state index in [0.717, 1.165) is 63.7 Å². The fraction of sp³-hybridized carbons (Fsp3) is 0.940. The second-order valence-corrected chi connectivity index (χ2v) is 17.6. The smallest absolute Gasteiger partial charge is 0.306 e. The first kappa shape index (κ1) is 54.4. The van der Waals surface area contributed by atoms with Crippen LogP contribution in [0.3, 0.4) is 0 Å². The molecule has 0 unspecified atom stereocenters. The molecule has 0 aliphatic heterocycles. The second-order valence-electron chi connectivity index (χ2n) is 17.6. The predicted octanol–water partition coefficient (Wildman–Crippen LogP) is 15.9. The van der Waals surface area contributed by atoms with Gasteiger partial charge in [0.05, 0.1) is 0 Å².